The summed E-state index contributed by atoms with van der Waals surface area (Å²) in [5.74, 6) is -0.487. The number of hydrogen-bond donors (Lipinski definition) is 1. The lowest BCUT2D eigenvalue weighted by Gasteiger charge is -2.23. The van der Waals surface area contributed by atoms with Crippen LogP contribution in [0.3, 0.4) is 0 Å². The van der Waals surface area contributed by atoms with Gasteiger partial charge in [-0.2, -0.15) is 0 Å². The van der Waals surface area contributed by atoms with Gasteiger partial charge in [0.05, 0.1) is 11.6 Å². The molecule has 1 heterocycles. The number of nitrogens with one attached hydrogen (secondary N) is 1. The van der Waals surface area contributed by atoms with E-state index in [0.29, 0.717) is 5.69 Å². The third-order valence-electron chi connectivity index (χ3n) is 3.84. The first-order valence-corrected chi connectivity index (χ1v) is 7.53. The van der Waals surface area contributed by atoms with Crippen molar-refractivity contribution < 1.29 is 9.18 Å². The Morgan fingerprint density at radius 1 is 1.36 bits per heavy atom. The molecule has 1 aliphatic rings. The fourth-order valence-electron chi connectivity index (χ4n) is 2.81. The number of fused-ring (bicyclic) bond motifs is 1. The van der Waals surface area contributed by atoms with Crippen LogP contribution in [0.25, 0.3) is 0 Å². The fourth-order valence-corrected chi connectivity index (χ4v) is 3.00. The Bertz CT molecular complexity index is 720. The maximum atomic E-state index is 13.1. The zero-order chi connectivity index (χ0) is 15.7. The smallest absolute Gasteiger partial charge is 0.246 e. The van der Waals surface area contributed by atoms with E-state index in [1.807, 2.05) is 36.1 Å². The van der Waals surface area contributed by atoms with Crippen molar-refractivity contribution in [1.29, 1.82) is 0 Å². The van der Waals surface area contributed by atoms with E-state index in [9.17, 15) is 9.18 Å². The summed E-state index contributed by atoms with van der Waals surface area (Å²) in [7, 11) is 0. The maximum absolute atomic E-state index is 13.1. The van der Waals surface area contributed by atoms with E-state index in [2.05, 4.69) is 5.32 Å². The van der Waals surface area contributed by atoms with Crippen LogP contribution in [-0.2, 0) is 11.2 Å². The number of amides is 1. The summed E-state index contributed by atoms with van der Waals surface area (Å²) < 4.78 is 13.1. The summed E-state index contributed by atoms with van der Waals surface area (Å²) >= 11 is 5.74. The van der Waals surface area contributed by atoms with Crippen LogP contribution in [0.15, 0.2) is 42.5 Å². The van der Waals surface area contributed by atoms with Gasteiger partial charge in [-0.25, -0.2) is 4.39 Å². The van der Waals surface area contributed by atoms with Crippen molar-refractivity contribution in [2.75, 3.05) is 16.8 Å². The molecule has 114 valence electrons. The SMILES string of the molecule is CC1Cc2ccccc2N1C(=O)CNc1ccc(F)c(Cl)c1. The number of anilines is 2. The monoisotopic (exact) mass is 318 g/mol. The lowest BCUT2D eigenvalue weighted by molar-refractivity contribution is -0.117. The van der Waals surface area contributed by atoms with Crippen LogP contribution in [0.2, 0.25) is 5.02 Å². The van der Waals surface area contributed by atoms with Gasteiger partial charge in [-0.15, -0.1) is 0 Å². The average molecular weight is 319 g/mol. The molecule has 5 heteroatoms. The van der Waals surface area contributed by atoms with Crippen molar-refractivity contribution >= 4 is 28.9 Å². The number of para-hydroxylation sites is 1. The van der Waals surface area contributed by atoms with Gasteiger partial charge in [0.1, 0.15) is 5.82 Å². The third kappa shape index (κ3) is 2.79. The Labute approximate surface area is 133 Å². The molecule has 3 rings (SSSR count). The summed E-state index contributed by atoms with van der Waals surface area (Å²) in [6, 6.07) is 12.4. The second-order valence-corrected chi connectivity index (χ2v) is 5.84. The predicted octanol–water partition coefficient (Wildman–Crippen LogP) is 3.87. The first kappa shape index (κ1) is 14.9. The maximum Gasteiger partial charge on any atom is 0.246 e. The first-order valence-electron chi connectivity index (χ1n) is 7.15. The zero-order valence-corrected chi connectivity index (χ0v) is 12.9. The standard InChI is InChI=1S/C17H16ClFN2O/c1-11-8-12-4-2-3-5-16(12)21(11)17(22)10-20-13-6-7-15(19)14(18)9-13/h2-7,9,11,20H,8,10H2,1H3. The second-order valence-electron chi connectivity index (χ2n) is 5.43. The van der Waals surface area contributed by atoms with E-state index in [-0.39, 0.29) is 23.5 Å². The van der Waals surface area contributed by atoms with Gasteiger partial charge in [-0.05, 0) is 43.2 Å². The molecule has 0 saturated carbocycles. The molecule has 1 unspecified atom stereocenters. The van der Waals surface area contributed by atoms with Crippen molar-refractivity contribution in [1.82, 2.24) is 0 Å². The van der Waals surface area contributed by atoms with Crippen molar-refractivity contribution in [2.45, 2.75) is 19.4 Å². The summed E-state index contributed by atoms with van der Waals surface area (Å²) in [5, 5.41) is 3.04. The van der Waals surface area contributed by atoms with Gasteiger partial charge < -0.3 is 10.2 Å². The van der Waals surface area contributed by atoms with Gasteiger partial charge in [0.2, 0.25) is 5.91 Å². The molecule has 22 heavy (non-hydrogen) atoms. The molecule has 0 bridgehead atoms. The third-order valence-corrected chi connectivity index (χ3v) is 4.13. The first-order chi connectivity index (χ1) is 10.6. The highest BCUT2D eigenvalue weighted by Crippen LogP contribution is 2.31. The summed E-state index contributed by atoms with van der Waals surface area (Å²) in [5.41, 5.74) is 2.78. The van der Waals surface area contributed by atoms with Crippen LogP contribution < -0.4 is 10.2 Å². The molecule has 0 radical (unpaired) electrons. The second kappa shape index (κ2) is 5.97. The van der Waals surface area contributed by atoms with Gasteiger partial charge in [-0.1, -0.05) is 29.8 Å². The fraction of sp³-hybridized carbons (Fsp3) is 0.235. The van der Waals surface area contributed by atoms with Crippen LogP contribution in [0, 0.1) is 5.82 Å². The normalized spacial score (nSPS) is 16.5. The minimum Gasteiger partial charge on any atom is -0.376 e. The van der Waals surface area contributed by atoms with E-state index in [4.69, 9.17) is 11.6 Å². The highest BCUT2D eigenvalue weighted by Gasteiger charge is 2.30. The number of hydrogen-bond acceptors (Lipinski definition) is 2. The van der Waals surface area contributed by atoms with E-state index in [1.54, 1.807) is 6.07 Å². The van der Waals surface area contributed by atoms with Crippen molar-refractivity contribution in [3.8, 4) is 0 Å². The molecule has 0 aliphatic carbocycles. The molecular formula is C17H16ClFN2O. The number of rotatable bonds is 3. The number of carbonyl (C=O) groups excluding carboxylic acids is 1. The van der Waals surface area contributed by atoms with Gasteiger partial charge in [-0.3, -0.25) is 4.79 Å². The molecule has 1 amide bonds. The van der Waals surface area contributed by atoms with Crippen LogP contribution in [-0.4, -0.2) is 18.5 Å². The van der Waals surface area contributed by atoms with Crippen LogP contribution in [0.4, 0.5) is 15.8 Å². The van der Waals surface area contributed by atoms with Gasteiger partial charge in [0, 0.05) is 17.4 Å². The molecule has 1 atom stereocenters. The molecule has 0 fully saturated rings. The minimum absolute atomic E-state index is 0.0158. The van der Waals surface area contributed by atoms with E-state index < -0.39 is 5.82 Å². The molecular weight excluding hydrogens is 303 g/mol. The van der Waals surface area contributed by atoms with E-state index >= 15 is 0 Å². The summed E-state index contributed by atoms with van der Waals surface area (Å²) in [4.78, 5) is 14.3. The number of halogens is 2. The van der Waals surface area contributed by atoms with E-state index in [1.165, 1.54) is 17.7 Å². The number of nitrogens with zero attached hydrogens (tertiary/aromatic N) is 1. The zero-order valence-electron chi connectivity index (χ0n) is 12.1. The topological polar surface area (TPSA) is 32.3 Å². The average Bonchev–Trinajstić information content (AvgIpc) is 2.84. The molecule has 1 N–H and O–H groups in total. The Hall–Kier alpha value is -2.07. The predicted molar refractivity (Wildman–Crippen MR) is 87.0 cm³/mol. The number of benzene rings is 2. The highest BCUT2D eigenvalue weighted by atomic mass is 35.5. The number of carbonyl (C=O) groups is 1. The molecule has 2 aromatic rings. The Morgan fingerprint density at radius 2 is 2.14 bits per heavy atom. The highest BCUT2D eigenvalue weighted by molar-refractivity contribution is 6.31. The molecule has 0 saturated heterocycles. The van der Waals surface area contributed by atoms with E-state index in [0.717, 1.165) is 12.1 Å². The molecule has 0 aromatic heterocycles. The molecule has 1 aliphatic heterocycles. The van der Waals surface area contributed by atoms with Gasteiger partial charge in [0.25, 0.3) is 0 Å². The van der Waals surface area contributed by atoms with Gasteiger partial charge in [0.15, 0.2) is 0 Å². The van der Waals surface area contributed by atoms with Crippen molar-refractivity contribution in [3.63, 3.8) is 0 Å². The van der Waals surface area contributed by atoms with Crippen LogP contribution in [0.1, 0.15) is 12.5 Å². The van der Waals surface area contributed by atoms with Gasteiger partial charge >= 0.3 is 0 Å². The summed E-state index contributed by atoms with van der Waals surface area (Å²) in [6.45, 7) is 2.17. The molecule has 0 spiro atoms. The minimum atomic E-state index is -0.472. The van der Waals surface area contributed by atoms with Crippen molar-refractivity contribution in [3.05, 3.63) is 58.9 Å². The lowest BCUT2D eigenvalue weighted by atomic mass is 10.1. The Morgan fingerprint density at radius 3 is 2.91 bits per heavy atom. The summed E-state index contributed by atoms with van der Waals surface area (Å²) in [6.07, 6.45) is 0.865. The molecule has 3 nitrogen and oxygen atoms in total. The quantitative estimate of drug-likeness (QED) is 0.931. The Kier molecular flexibility index (Phi) is 4.03. The lowest BCUT2D eigenvalue weighted by Crippen LogP contribution is -2.39. The van der Waals surface area contributed by atoms with Crippen LogP contribution in [0.5, 0.6) is 0 Å². The molecule has 2 aromatic carbocycles. The Balaban J connectivity index is 1.71. The van der Waals surface area contributed by atoms with Crippen molar-refractivity contribution in [2.24, 2.45) is 0 Å². The largest absolute Gasteiger partial charge is 0.376 e. The van der Waals surface area contributed by atoms with Crippen LogP contribution >= 0.6 is 11.6 Å².